The van der Waals surface area contributed by atoms with Crippen LogP contribution in [0, 0.1) is 0 Å². The summed E-state index contributed by atoms with van der Waals surface area (Å²) < 4.78 is 5.12. The number of carbonyl (C=O) groups excluding carboxylic acids is 1. The first kappa shape index (κ1) is 12.0. The summed E-state index contributed by atoms with van der Waals surface area (Å²) >= 11 is 0. The maximum atomic E-state index is 11.6. The molecule has 1 aromatic carbocycles. The predicted molar refractivity (Wildman–Crippen MR) is 66.9 cm³/mol. The van der Waals surface area contributed by atoms with Crippen molar-refractivity contribution in [2.24, 2.45) is 0 Å². The second-order valence-electron chi connectivity index (χ2n) is 4.74. The highest BCUT2D eigenvalue weighted by atomic mass is 16.6. The number of amides is 1. The first-order chi connectivity index (χ1) is 8.16. The zero-order valence-electron chi connectivity index (χ0n) is 10.4. The van der Waals surface area contributed by atoms with E-state index in [1.807, 2.05) is 26.0 Å². The molecule has 1 atom stereocenters. The fourth-order valence-corrected chi connectivity index (χ4v) is 2.29. The summed E-state index contributed by atoms with van der Waals surface area (Å²) in [5, 5.41) is 2.95. The van der Waals surface area contributed by atoms with Gasteiger partial charge in [0, 0.05) is 0 Å². The molecule has 3 heteroatoms. The monoisotopic (exact) mass is 233 g/mol. The normalized spacial score (nSPS) is 18.6. The van der Waals surface area contributed by atoms with Gasteiger partial charge in [-0.2, -0.15) is 0 Å². The third-order valence-corrected chi connectivity index (χ3v) is 3.00. The molecule has 1 N–H and O–H groups in total. The van der Waals surface area contributed by atoms with E-state index in [0.29, 0.717) is 0 Å². The van der Waals surface area contributed by atoms with Crippen molar-refractivity contribution in [1.82, 2.24) is 5.32 Å². The molecule has 0 radical (unpaired) electrons. The number of carbonyl (C=O) groups is 1. The van der Waals surface area contributed by atoms with Crippen molar-refractivity contribution in [3.05, 3.63) is 35.4 Å². The third-order valence-electron chi connectivity index (χ3n) is 3.00. The lowest BCUT2D eigenvalue weighted by atomic mass is 9.88. The van der Waals surface area contributed by atoms with Crippen LogP contribution in [-0.4, -0.2) is 12.2 Å². The molecule has 0 bridgehead atoms. The smallest absolute Gasteiger partial charge is 0.407 e. The van der Waals surface area contributed by atoms with Gasteiger partial charge in [0.1, 0.15) is 0 Å². The Morgan fingerprint density at radius 1 is 1.41 bits per heavy atom. The Bertz CT molecular complexity index is 401. The van der Waals surface area contributed by atoms with Gasteiger partial charge in [-0.05, 0) is 44.2 Å². The molecule has 1 aliphatic carbocycles. The van der Waals surface area contributed by atoms with Crippen molar-refractivity contribution < 1.29 is 9.53 Å². The maximum absolute atomic E-state index is 11.6. The van der Waals surface area contributed by atoms with Gasteiger partial charge >= 0.3 is 6.09 Å². The van der Waals surface area contributed by atoms with Gasteiger partial charge in [0.15, 0.2) is 0 Å². The van der Waals surface area contributed by atoms with Crippen LogP contribution in [0.25, 0.3) is 0 Å². The summed E-state index contributed by atoms with van der Waals surface area (Å²) in [5.41, 5.74) is 2.58. The van der Waals surface area contributed by atoms with Gasteiger partial charge in [-0.15, -0.1) is 0 Å². The zero-order valence-corrected chi connectivity index (χ0v) is 10.4. The molecule has 1 aliphatic rings. The topological polar surface area (TPSA) is 38.3 Å². The molecule has 1 aromatic rings. The highest BCUT2D eigenvalue weighted by molar-refractivity contribution is 5.68. The molecule has 0 fully saturated rings. The summed E-state index contributed by atoms with van der Waals surface area (Å²) in [6, 6.07) is 8.40. The van der Waals surface area contributed by atoms with Crippen molar-refractivity contribution in [2.75, 3.05) is 0 Å². The number of ether oxygens (including phenoxy) is 1. The van der Waals surface area contributed by atoms with Crippen LogP contribution in [-0.2, 0) is 11.2 Å². The summed E-state index contributed by atoms with van der Waals surface area (Å²) in [6.45, 7) is 3.71. The Kier molecular flexibility index (Phi) is 3.67. The molecule has 2 rings (SSSR count). The van der Waals surface area contributed by atoms with Crippen LogP contribution in [0.1, 0.15) is 43.9 Å². The van der Waals surface area contributed by atoms with Crippen molar-refractivity contribution in [3.8, 4) is 0 Å². The van der Waals surface area contributed by atoms with Crippen LogP contribution < -0.4 is 5.32 Å². The first-order valence-electron chi connectivity index (χ1n) is 6.22. The molecular formula is C14H19NO2. The summed E-state index contributed by atoms with van der Waals surface area (Å²) in [7, 11) is 0. The first-order valence-corrected chi connectivity index (χ1v) is 6.22. The average Bonchev–Trinajstić information content (AvgIpc) is 2.28. The van der Waals surface area contributed by atoms with Gasteiger partial charge < -0.3 is 10.1 Å². The number of hydrogen-bond donors (Lipinski definition) is 1. The number of alkyl carbamates (subject to hydrolysis) is 1. The molecule has 92 valence electrons. The highest BCUT2D eigenvalue weighted by Gasteiger charge is 2.21. The molecule has 0 heterocycles. The quantitative estimate of drug-likeness (QED) is 0.851. The van der Waals surface area contributed by atoms with Crippen LogP contribution in [0.15, 0.2) is 24.3 Å². The Balaban J connectivity index is 2.06. The van der Waals surface area contributed by atoms with Crippen molar-refractivity contribution in [2.45, 2.75) is 45.3 Å². The minimum Gasteiger partial charge on any atom is -0.447 e. The van der Waals surface area contributed by atoms with Crippen LogP contribution >= 0.6 is 0 Å². The fraction of sp³-hybridized carbons (Fsp3) is 0.500. The lowest BCUT2D eigenvalue weighted by molar-refractivity contribution is 0.111. The summed E-state index contributed by atoms with van der Waals surface area (Å²) in [5.74, 6) is 0. The summed E-state index contributed by atoms with van der Waals surface area (Å²) in [6.07, 6.45) is 2.82. The number of aryl methyl sites for hydroxylation is 1. The molecule has 1 unspecified atom stereocenters. The van der Waals surface area contributed by atoms with E-state index in [4.69, 9.17) is 4.74 Å². The number of rotatable bonds is 2. The number of benzene rings is 1. The molecule has 0 saturated carbocycles. The molecule has 0 spiro atoms. The second-order valence-corrected chi connectivity index (χ2v) is 4.74. The minimum absolute atomic E-state index is 0.0752. The SMILES string of the molecule is CC(C)OC(=O)NC1CCCc2ccccc21. The molecule has 3 nitrogen and oxygen atoms in total. The van der Waals surface area contributed by atoms with Crippen molar-refractivity contribution in [1.29, 1.82) is 0 Å². The van der Waals surface area contributed by atoms with E-state index in [1.165, 1.54) is 11.1 Å². The molecule has 1 amide bonds. The van der Waals surface area contributed by atoms with E-state index < -0.39 is 0 Å². The van der Waals surface area contributed by atoms with E-state index in [-0.39, 0.29) is 18.2 Å². The Hall–Kier alpha value is -1.51. The van der Waals surface area contributed by atoms with Crippen LogP contribution in [0.3, 0.4) is 0 Å². The van der Waals surface area contributed by atoms with Gasteiger partial charge in [0.25, 0.3) is 0 Å². The van der Waals surface area contributed by atoms with E-state index >= 15 is 0 Å². The van der Waals surface area contributed by atoms with E-state index in [9.17, 15) is 4.79 Å². The van der Waals surface area contributed by atoms with Crippen LogP contribution in [0.5, 0.6) is 0 Å². The number of fused-ring (bicyclic) bond motifs is 1. The van der Waals surface area contributed by atoms with Gasteiger partial charge in [-0.3, -0.25) is 0 Å². The Morgan fingerprint density at radius 2 is 2.18 bits per heavy atom. The molecule has 0 aromatic heterocycles. The van der Waals surface area contributed by atoms with Crippen LogP contribution in [0.4, 0.5) is 4.79 Å². The lowest BCUT2D eigenvalue weighted by Gasteiger charge is -2.26. The molecule has 17 heavy (non-hydrogen) atoms. The van der Waals surface area contributed by atoms with Gasteiger partial charge in [-0.1, -0.05) is 24.3 Å². The molecule has 0 aliphatic heterocycles. The summed E-state index contributed by atoms with van der Waals surface area (Å²) in [4.78, 5) is 11.6. The minimum atomic E-state index is -0.318. The predicted octanol–water partition coefficient (Wildman–Crippen LogP) is 3.20. The maximum Gasteiger partial charge on any atom is 0.407 e. The van der Waals surface area contributed by atoms with Crippen molar-refractivity contribution in [3.63, 3.8) is 0 Å². The van der Waals surface area contributed by atoms with Crippen LogP contribution in [0.2, 0.25) is 0 Å². The zero-order chi connectivity index (χ0) is 12.3. The number of nitrogens with one attached hydrogen (secondary N) is 1. The van der Waals surface area contributed by atoms with Gasteiger partial charge in [-0.25, -0.2) is 4.79 Å². The molecule has 0 saturated heterocycles. The Labute approximate surface area is 102 Å². The molecular weight excluding hydrogens is 214 g/mol. The van der Waals surface area contributed by atoms with Crippen molar-refractivity contribution >= 4 is 6.09 Å². The third kappa shape index (κ3) is 2.99. The van der Waals surface area contributed by atoms with Gasteiger partial charge in [0.2, 0.25) is 0 Å². The fourth-order valence-electron chi connectivity index (χ4n) is 2.29. The Morgan fingerprint density at radius 3 is 2.94 bits per heavy atom. The lowest BCUT2D eigenvalue weighted by Crippen LogP contribution is -2.32. The average molecular weight is 233 g/mol. The second kappa shape index (κ2) is 5.21. The van der Waals surface area contributed by atoms with E-state index in [1.54, 1.807) is 0 Å². The van der Waals surface area contributed by atoms with E-state index in [2.05, 4.69) is 17.4 Å². The van der Waals surface area contributed by atoms with Gasteiger partial charge in [0.05, 0.1) is 12.1 Å². The standard InChI is InChI=1S/C14H19NO2/c1-10(2)17-14(16)15-13-9-5-7-11-6-3-4-8-12(11)13/h3-4,6,8,10,13H,5,7,9H2,1-2H3,(H,15,16). The largest absolute Gasteiger partial charge is 0.447 e. The van der Waals surface area contributed by atoms with E-state index in [0.717, 1.165) is 19.3 Å². The highest BCUT2D eigenvalue weighted by Crippen LogP contribution is 2.29. The number of hydrogen-bond acceptors (Lipinski definition) is 2.